The maximum Gasteiger partial charge on any atom is 0.257 e. The first-order chi connectivity index (χ1) is 11.5. The van der Waals surface area contributed by atoms with Crippen LogP contribution in [0.4, 0.5) is 17.2 Å². The van der Waals surface area contributed by atoms with Gasteiger partial charge in [-0.3, -0.25) is 9.78 Å². The van der Waals surface area contributed by atoms with Gasteiger partial charge in [-0.25, -0.2) is 0 Å². The molecule has 0 fully saturated rings. The summed E-state index contributed by atoms with van der Waals surface area (Å²) in [5.74, 6) is 0.968. The number of carbonyl (C=O) groups is 1. The molecule has 0 bridgehead atoms. The monoisotopic (exact) mass is 342 g/mol. The molecular weight excluding hydrogens is 328 g/mol. The van der Waals surface area contributed by atoms with Gasteiger partial charge in [0.25, 0.3) is 5.91 Å². The first-order valence-corrected chi connectivity index (χ1v) is 7.62. The Bertz CT molecular complexity index is 892. The highest BCUT2D eigenvalue weighted by Crippen LogP contribution is 2.21. The second-order valence-electron chi connectivity index (χ2n) is 5.33. The van der Waals surface area contributed by atoms with E-state index in [1.807, 2.05) is 13.0 Å². The topological polar surface area (TPSA) is 80.0 Å². The number of benzene rings is 1. The van der Waals surface area contributed by atoms with Crippen molar-refractivity contribution in [3.05, 3.63) is 64.6 Å². The van der Waals surface area contributed by atoms with Crippen molar-refractivity contribution in [1.82, 2.24) is 10.1 Å². The molecule has 2 N–H and O–H groups in total. The summed E-state index contributed by atoms with van der Waals surface area (Å²) in [5.41, 5.74) is 2.63. The molecule has 0 aliphatic carbocycles. The molecule has 1 aromatic carbocycles. The number of pyridine rings is 1. The third-order valence-corrected chi connectivity index (χ3v) is 3.74. The Balaban J connectivity index is 1.75. The van der Waals surface area contributed by atoms with Crippen molar-refractivity contribution in [2.45, 2.75) is 13.8 Å². The van der Waals surface area contributed by atoms with Crippen LogP contribution in [0.5, 0.6) is 0 Å². The zero-order chi connectivity index (χ0) is 17.1. The molecule has 0 saturated heterocycles. The van der Waals surface area contributed by atoms with Gasteiger partial charge < -0.3 is 15.2 Å². The predicted molar refractivity (Wildman–Crippen MR) is 92.9 cm³/mol. The fraction of sp³-hybridized carbons (Fsp3) is 0.118. The maximum absolute atomic E-state index is 12.4. The van der Waals surface area contributed by atoms with E-state index >= 15 is 0 Å². The van der Waals surface area contributed by atoms with Gasteiger partial charge in [0.15, 0.2) is 5.82 Å². The Labute approximate surface area is 143 Å². The normalized spacial score (nSPS) is 10.5. The van der Waals surface area contributed by atoms with Crippen LogP contribution >= 0.6 is 11.6 Å². The minimum atomic E-state index is -0.276. The summed E-state index contributed by atoms with van der Waals surface area (Å²) < 4.78 is 4.99. The third kappa shape index (κ3) is 3.72. The number of halogens is 1. The van der Waals surface area contributed by atoms with E-state index in [4.69, 9.17) is 16.1 Å². The van der Waals surface area contributed by atoms with E-state index < -0.39 is 0 Å². The Hall–Kier alpha value is -2.86. The number of nitrogens with zero attached hydrogens (tertiary/aromatic N) is 2. The second-order valence-corrected chi connectivity index (χ2v) is 5.74. The van der Waals surface area contributed by atoms with Gasteiger partial charge in [-0.15, -0.1) is 0 Å². The quantitative estimate of drug-likeness (QED) is 0.737. The van der Waals surface area contributed by atoms with Crippen molar-refractivity contribution < 1.29 is 9.32 Å². The summed E-state index contributed by atoms with van der Waals surface area (Å²) in [6.45, 7) is 3.70. The molecule has 0 saturated carbocycles. The average Bonchev–Trinajstić information content (AvgIpc) is 2.96. The molecule has 7 heteroatoms. The highest BCUT2D eigenvalue weighted by Gasteiger charge is 2.09. The van der Waals surface area contributed by atoms with E-state index in [9.17, 15) is 4.79 Å². The number of amides is 1. The third-order valence-electron chi connectivity index (χ3n) is 3.33. The Morgan fingerprint density at radius 3 is 2.67 bits per heavy atom. The first-order valence-electron chi connectivity index (χ1n) is 7.24. The minimum Gasteiger partial charge on any atom is -0.360 e. The van der Waals surface area contributed by atoms with Gasteiger partial charge in [0.1, 0.15) is 5.76 Å². The highest BCUT2D eigenvalue weighted by atomic mass is 35.5. The van der Waals surface area contributed by atoms with Gasteiger partial charge in [0.2, 0.25) is 0 Å². The summed E-state index contributed by atoms with van der Waals surface area (Å²) >= 11 is 6.07. The predicted octanol–water partition coefficient (Wildman–Crippen LogP) is 4.34. The van der Waals surface area contributed by atoms with Crippen LogP contribution in [0.3, 0.4) is 0 Å². The lowest BCUT2D eigenvalue weighted by Crippen LogP contribution is -2.12. The number of hydrogen-bond acceptors (Lipinski definition) is 5. The van der Waals surface area contributed by atoms with Gasteiger partial charge in [0, 0.05) is 23.0 Å². The smallest absolute Gasteiger partial charge is 0.257 e. The van der Waals surface area contributed by atoms with E-state index in [1.165, 1.54) is 6.20 Å². The molecule has 3 aromatic rings. The zero-order valence-corrected chi connectivity index (χ0v) is 13.9. The van der Waals surface area contributed by atoms with E-state index in [0.717, 1.165) is 5.56 Å². The van der Waals surface area contributed by atoms with Crippen molar-refractivity contribution in [3.63, 3.8) is 0 Å². The number of rotatable bonds is 4. The molecule has 24 heavy (non-hydrogen) atoms. The van der Waals surface area contributed by atoms with Crippen LogP contribution in [0.15, 0.2) is 47.2 Å². The number of aromatic nitrogens is 2. The molecule has 0 aliphatic rings. The SMILES string of the molecule is Cc1cc(Nc2cncc(C(=O)Nc3ccc(C)c(Cl)c3)c2)no1. The van der Waals surface area contributed by atoms with E-state index in [1.54, 1.807) is 37.4 Å². The molecule has 0 aliphatic heterocycles. The summed E-state index contributed by atoms with van der Waals surface area (Å²) in [4.78, 5) is 16.4. The summed E-state index contributed by atoms with van der Waals surface area (Å²) in [6.07, 6.45) is 3.09. The van der Waals surface area contributed by atoms with Crippen molar-refractivity contribution in [3.8, 4) is 0 Å². The van der Waals surface area contributed by atoms with Crippen LogP contribution in [0.2, 0.25) is 5.02 Å². The maximum atomic E-state index is 12.4. The zero-order valence-electron chi connectivity index (χ0n) is 13.1. The molecule has 0 atom stereocenters. The molecule has 3 rings (SSSR count). The lowest BCUT2D eigenvalue weighted by molar-refractivity contribution is 0.102. The summed E-state index contributed by atoms with van der Waals surface area (Å²) in [6, 6.07) is 8.79. The van der Waals surface area contributed by atoms with Gasteiger partial charge in [0.05, 0.1) is 17.4 Å². The Morgan fingerprint density at radius 2 is 1.96 bits per heavy atom. The van der Waals surface area contributed by atoms with E-state index in [-0.39, 0.29) is 5.91 Å². The highest BCUT2D eigenvalue weighted by molar-refractivity contribution is 6.31. The summed E-state index contributed by atoms with van der Waals surface area (Å²) in [5, 5.41) is 10.3. The van der Waals surface area contributed by atoms with Crippen molar-refractivity contribution in [1.29, 1.82) is 0 Å². The van der Waals surface area contributed by atoms with Crippen LogP contribution in [-0.2, 0) is 0 Å². The fourth-order valence-electron chi connectivity index (χ4n) is 2.08. The second kappa shape index (κ2) is 6.72. The van der Waals surface area contributed by atoms with E-state index in [0.29, 0.717) is 33.5 Å². The lowest BCUT2D eigenvalue weighted by atomic mass is 10.2. The number of aryl methyl sites for hydroxylation is 2. The molecule has 122 valence electrons. The largest absolute Gasteiger partial charge is 0.360 e. The Kier molecular flexibility index (Phi) is 4.48. The summed E-state index contributed by atoms with van der Waals surface area (Å²) in [7, 11) is 0. The van der Waals surface area contributed by atoms with Crippen LogP contribution < -0.4 is 10.6 Å². The van der Waals surface area contributed by atoms with Gasteiger partial charge in [-0.05, 0) is 37.6 Å². The minimum absolute atomic E-state index is 0.276. The molecule has 2 heterocycles. The van der Waals surface area contributed by atoms with Gasteiger partial charge in [-0.2, -0.15) is 0 Å². The van der Waals surface area contributed by atoms with Gasteiger partial charge >= 0.3 is 0 Å². The molecule has 1 amide bonds. The van der Waals surface area contributed by atoms with Crippen LogP contribution in [-0.4, -0.2) is 16.0 Å². The molecule has 6 nitrogen and oxygen atoms in total. The molecule has 2 aromatic heterocycles. The van der Waals surface area contributed by atoms with Crippen molar-refractivity contribution in [2.75, 3.05) is 10.6 Å². The first kappa shape index (κ1) is 16.0. The fourth-order valence-corrected chi connectivity index (χ4v) is 2.26. The Morgan fingerprint density at radius 1 is 1.12 bits per heavy atom. The van der Waals surface area contributed by atoms with Crippen LogP contribution in [0.25, 0.3) is 0 Å². The molecule has 0 spiro atoms. The standard InChI is InChI=1S/C17H15ClN4O2/c1-10-3-4-13(7-15(10)18)21-17(23)12-6-14(9-19-8-12)20-16-5-11(2)24-22-16/h3-9H,1-2H3,(H,20,22)(H,21,23). The number of hydrogen-bond donors (Lipinski definition) is 2. The number of anilines is 3. The van der Waals surface area contributed by atoms with Crippen LogP contribution in [0, 0.1) is 13.8 Å². The molecule has 0 unspecified atom stereocenters. The average molecular weight is 343 g/mol. The lowest BCUT2D eigenvalue weighted by Gasteiger charge is -2.08. The van der Waals surface area contributed by atoms with Gasteiger partial charge in [-0.1, -0.05) is 22.8 Å². The number of nitrogens with one attached hydrogen (secondary N) is 2. The van der Waals surface area contributed by atoms with Crippen molar-refractivity contribution >= 4 is 34.7 Å². The van der Waals surface area contributed by atoms with Crippen LogP contribution in [0.1, 0.15) is 21.7 Å². The molecule has 0 radical (unpaired) electrons. The van der Waals surface area contributed by atoms with Crippen molar-refractivity contribution in [2.24, 2.45) is 0 Å². The van der Waals surface area contributed by atoms with E-state index in [2.05, 4.69) is 20.8 Å². The molecular formula is C17H15ClN4O2. The number of carbonyl (C=O) groups excluding carboxylic acids is 1.